The van der Waals surface area contributed by atoms with Gasteiger partial charge >= 0.3 is 5.97 Å². The van der Waals surface area contributed by atoms with E-state index in [-0.39, 0.29) is 0 Å². The first-order valence-electron chi connectivity index (χ1n) is 13.1. The lowest BCUT2D eigenvalue weighted by molar-refractivity contribution is 0.0730. The van der Waals surface area contributed by atoms with Crippen molar-refractivity contribution in [2.75, 3.05) is 12.3 Å². The summed E-state index contributed by atoms with van der Waals surface area (Å²) in [6.07, 6.45) is 12.8. The number of carbonyl (C=O) groups is 1. The summed E-state index contributed by atoms with van der Waals surface area (Å²) >= 11 is 0. The summed E-state index contributed by atoms with van der Waals surface area (Å²) in [4.78, 5) is 12.8. The molecular formula is C31H39NO3. The first-order chi connectivity index (χ1) is 17.2. The summed E-state index contributed by atoms with van der Waals surface area (Å²) in [5.41, 5.74) is 9.03. The number of hydrogen-bond donors (Lipinski definition) is 1. The zero-order chi connectivity index (χ0) is 24.7. The molecule has 0 amide bonds. The smallest absolute Gasteiger partial charge is 0.347 e. The predicted octanol–water partition coefficient (Wildman–Crippen LogP) is 8.45. The third-order valence-electron chi connectivity index (χ3n) is 6.17. The van der Waals surface area contributed by atoms with Crippen molar-refractivity contribution in [2.45, 2.75) is 71.1 Å². The highest BCUT2D eigenvalue weighted by Crippen LogP contribution is 2.25. The van der Waals surface area contributed by atoms with Gasteiger partial charge in [0, 0.05) is 5.69 Å². The van der Waals surface area contributed by atoms with Crippen LogP contribution >= 0.6 is 0 Å². The summed E-state index contributed by atoms with van der Waals surface area (Å²) in [6, 6.07) is 22.4. The molecule has 0 saturated carbocycles. The molecule has 0 aliphatic carbocycles. The van der Waals surface area contributed by atoms with Gasteiger partial charge in [-0.25, -0.2) is 4.79 Å². The van der Waals surface area contributed by atoms with Crippen molar-refractivity contribution in [2.24, 2.45) is 0 Å². The van der Waals surface area contributed by atoms with E-state index < -0.39 is 5.97 Å². The first kappa shape index (κ1) is 26.3. The van der Waals surface area contributed by atoms with Gasteiger partial charge in [0.25, 0.3) is 0 Å². The van der Waals surface area contributed by atoms with E-state index in [9.17, 15) is 4.79 Å². The molecule has 0 spiro atoms. The second-order valence-corrected chi connectivity index (χ2v) is 9.06. The molecule has 0 saturated heterocycles. The minimum absolute atomic E-state index is 0.413. The number of nitrogens with two attached hydrogens (primary N) is 1. The number of carbonyl (C=O) groups excluding carboxylic acids is 1. The Morgan fingerprint density at radius 3 is 1.86 bits per heavy atom. The van der Waals surface area contributed by atoms with E-state index in [0.29, 0.717) is 23.7 Å². The van der Waals surface area contributed by atoms with E-state index in [0.717, 1.165) is 29.7 Å². The maximum absolute atomic E-state index is 12.8. The number of anilines is 1. The first-order valence-corrected chi connectivity index (χ1v) is 13.1. The van der Waals surface area contributed by atoms with Crippen molar-refractivity contribution in [3.05, 3.63) is 78.4 Å². The number of esters is 1. The summed E-state index contributed by atoms with van der Waals surface area (Å²) in [5, 5.41) is 0. The van der Waals surface area contributed by atoms with Crippen LogP contribution in [-0.2, 0) is 0 Å². The van der Waals surface area contributed by atoms with E-state index in [4.69, 9.17) is 15.2 Å². The van der Waals surface area contributed by atoms with Crippen LogP contribution in [0.2, 0.25) is 0 Å². The molecule has 4 heteroatoms. The topological polar surface area (TPSA) is 61.5 Å². The van der Waals surface area contributed by atoms with Crippen LogP contribution in [-0.4, -0.2) is 12.6 Å². The Labute approximate surface area is 210 Å². The highest BCUT2D eigenvalue weighted by molar-refractivity contribution is 5.94. The van der Waals surface area contributed by atoms with Crippen LogP contribution in [0.4, 0.5) is 5.69 Å². The van der Waals surface area contributed by atoms with Crippen LogP contribution in [0.1, 0.15) is 81.5 Å². The van der Waals surface area contributed by atoms with Gasteiger partial charge in [0.2, 0.25) is 0 Å². The highest BCUT2D eigenvalue weighted by atomic mass is 16.5. The van der Waals surface area contributed by atoms with Gasteiger partial charge in [-0.05, 0) is 53.9 Å². The SMILES string of the molecule is CCCCCCCCCCCCOc1ccccc1C(=O)Oc1ccc(-c2ccc(N)cc2)cc1. The Balaban J connectivity index is 1.42. The molecule has 186 valence electrons. The molecule has 3 rings (SSSR count). The number of benzene rings is 3. The van der Waals surface area contributed by atoms with Crippen molar-refractivity contribution in [1.29, 1.82) is 0 Å². The van der Waals surface area contributed by atoms with Gasteiger partial charge < -0.3 is 15.2 Å². The third kappa shape index (κ3) is 9.12. The fraction of sp³-hybridized carbons (Fsp3) is 0.387. The summed E-state index contributed by atoms with van der Waals surface area (Å²) in [5.74, 6) is 0.662. The van der Waals surface area contributed by atoms with Gasteiger partial charge in [-0.2, -0.15) is 0 Å². The maximum atomic E-state index is 12.8. The zero-order valence-corrected chi connectivity index (χ0v) is 21.0. The zero-order valence-electron chi connectivity index (χ0n) is 21.0. The summed E-state index contributed by atoms with van der Waals surface area (Å²) in [6.45, 7) is 2.86. The second-order valence-electron chi connectivity index (χ2n) is 9.06. The molecule has 2 N–H and O–H groups in total. The Hall–Kier alpha value is -3.27. The lowest BCUT2D eigenvalue weighted by atomic mass is 10.1. The van der Waals surface area contributed by atoms with Crippen LogP contribution < -0.4 is 15.2 Å². The minimum Gasteiger partial charge on any atom is -0.493 e. The van der Waals surface area contributed by atoms with Crippen LogP contribution in [0.25, 0.3) is 11.1 Å². The second kappa shape index (κ2) is 14.9. The molecule has 0 fully saturated rings. The maximum Gasteiger partial charge on any atom is 0.347 e. The number of unbranched alkanes of at least 4 members (excludes halogenated alkanes) is 9. The molecular weight excluding hydrogens is 434 g/mol. The predicted molar refractivity (Wildman–Crippen MR) is 145 cm³/mol. The molecule has 0 radical (unpaired) electrons. The van der Waals surface area contributed by atoms with Crippen molar-refractivity contribution in [1.82, 2.24) is 0 Å². The Bertz CT molecular complexity index is 1010. The molecule has 4 nitrogen and oxygen atoms in total. The third-order valence-corrected chi connectivity index (χ3v) is 6.17. The van der Waals surface area contributed by atoms with Crippen LogP contribution in [0.3, 0.4) is 0 Å². The number of para-hydroxylation sites is 1. The van der Waals surface area contributed by atoms with Crippen molar-refractivity contribution < 1.29 is 14.3 Å². The molecule has 35 heavy (non-hydrogen) atoms. The average molecular weight is 474 g/mol. The van der Waals surface area contributed by atoms with Crippen LogP contribution in [0.15, 0.2) is 72.8 Å². The monoisotopic (exact) mass is 473 g/mol. The lowest BCUT2D eigenvalue weighted by Gasteiger charge is -2.11. The van der Waals surface area contributed by atoms with Gasteiger partial charge in [-0.15, -0.1) is 0 Å². The molecule has 0 bridgehead atoms. The van der Waals surface area contributed by atoms with Crippen molar-refractivity contribution >= 4 is 11.7 Å². The Morgan fingerprint density at radius 2 is 1.23 bits per heavy atom. The molecule has 0 aliphatic rings. The normalized spacial score (nSPS) is 10.8. The van der Waals surface area contributed by atoms with Gasteiger partial charge in [-0.1, -0.05) is 101 Å². The average Bonchev–Trinajstić information content (AvgIpc) is 2.88. The standard InChI is InChI=1S/C31H39NO3/c1-2-3-4-5-6-7-8-9-10-13-24-34-30-15-12-11-14-29(30)31(33)35-28-22-18-26(19-23-28)25-16-20-27(32)21-17-25/h11-12,14-23H,2-10,13,24,32H2,1H3. The Kier molecular flexibility index (Phi) is 11.2. The van der Waals surface area contributed by atoms with Gasteiger partial charge in [0.15, 0.2) is 0 Å². The quantitative estimate of drug-likeness (QED) is 0.104. The lowest BCUT2D eigenvalue weighted by Crippen LogP contribution is -2.11. The molecule has 0 aliphatic heterocycles. The van der Waals surface area contributed by atoms with E-state index in [1.54, 1.807) is 18.2 Å². The summed E-state index contributed by atoms with van der Waals surface area (Å²) in [7, 11) is 0. The molecule has 0 atom stereocenters. The van der Waals surface area contributed by atoms with Crippen LogP contribution in [0, 0.1) is 0 Å². The van der Waals surface area contributed by atoms with E-state index in [1.807, 2.05) is 54.6 Å². The van der Waals surface area contributed by atoms with E-state index in [2.05, 4.69) is 6.92 Å². The largest absolute Gasteiger partial charge is 0.493 e. The van der Waals surface area contributed by atoms with Gasteiger partial charge in [0.1, 0.15) is 17.1 Å². The van der Waals surface area contributed by atoms with Crippen molar-refractivity contribution in [3.8, 4) is 22.6 Å². The molecule has 0 heterocycles. The number of hydrogen-bond acceptors (Lipinski definition) is 4. The number of rotatable bonds is 15. The van der Waals surface area contributed by atoms with Gasteiger partial charge in [-0.3, -0.25) is 0 Å². The molecule has 0 unspecified atom stereocenters. The minimum atomic E-state index is -0.413. The fourth-order valence-electron chi connectivity index (χ4n) is 4.09. The highest BCUT2D eigenvalue weighted by Gasteiger charge is 2.14. The summed E-state index contributed by atoms with van der Waals surface area (Å²) < 4.78 is 11.6. The van der Waals surface area contributed by atoms with Crippen molar-refractivity contribution in [3.63, 3.8) is 0 Å². The Morgan fingerprint density at radius 1 is 0.686 bits per heavy atom. The van der Waals surface area contributed by atoms with Crippen LogP contribution in [0.5, 0.6) is 11.5 Å². The van der Waals surface area contributed by atoms with Gasteiger partial charge in [0.05, 0.1) is 6.61 Å². The van der Waals surface area contributed by atoms with E-state index >= 15 is 0 Å². The fourth-order valence-corrected chi connectivity index (χ4v) is 4.09. The number of ether oxygens (including phenoxy) is 2. The van der Waals surface area contributed by atoms with E-state index in [1.165, 1.54) is 51.4 Å². The molecule has 3 aromatic rings. The molecule has 3 aromatic carbocycles. The molecule has 0 aromatic heterocycles. The number of nitrogen functional groups attached to an aromatic ring is 1.